The molecule has 1 aromatic heterocycles. The molecule has 0 atom stereocenters. The third-order valence-electron chi connectivity index (χ3n) is 2.42. The van der Waals surface area contributed by atoms with E-state index < -0.39 is 0 Å². The minimum Gasteiger partial charge on any atom is -0.370 e. The van der Waals surface area contributed by atoms with Gasteiger partial charge in [-0.1, -0.05) is 27.7 Å². The van der Waals surface area contributed by atoms with E-state index in [1.54, 1.807) is 0 Å². The van der Waals surface area contributed by atoms with E-state index in [0.29, 0.717) is 12.0 Å². The summed E-state index contributed by atoms with van der Waals surface area (Å²) in [7, 11) is 0. The van der Waals surface area contributed by atoms with Gasteiger partial charge in [0.1, 0.15) is 5.82 Å². The molecule has 1 aromatic rings. The van der Waals surface area contributed by atoms with Gasteiger partial charge in [0.15, 0.2) is 0 Å². The normalized spacial score (nSPS) is 11.2. The van der Waals surface area contributed by atoms with E-state index in [4.69, 9.17) is 0 Å². The third-order valence-corrected chi connectivity index (χ3v) is 2.42. The van der Waals surface area contributed by atoms with Gasteiger partial charge in [-0.2, -0.15) is 0 Å². The standard InChI is InChI=1S/C14H25N3/c1-10(2)8-16-14-7-13(6-12(5)17-14)9-15-11(3)4/h6-7,10-11,15H,8-9H2,1-5H3,(H,16,17). The largest absolute Gasteiger partial charge is 0.370 e. The van der Waals surface area contributed by atoms with E-state index >= 15 is 0 Å². The molecule has 0 unspecified atom stereocenters. The predicted octanol–water partition coefficient (Wildman–Crippen LogP) is 2.96. The van der Waals surface area contributed by atoms with Crippen molar-refractivity contribution in [2.75, 3.05) is 11.9 Å². The number of aromatic nitrogens is 1. The molecule has 0 fully saturated rings. The van der Waals surface area contributed by atoms with Crippen LogP contribution < -0.4 is 10.6 Å². The number of aryl methyl sites for hydroxylation is 1. The first kappa shape index (κ1) is 14.0. The molecular weight excluding hydrogens is 210 g/mol. The van der Waals surface area contributed by atoms with Crippen molar-refractivity contribution in [2.24, 2.45) is 5.92 Å². The zero-order valence-corrected chi connectivity index (χ0v) is 11.7. The lowest BCUT2D eigenvalue weighted by Gasteiger charge is -2.12. The van der Waals surface area contributed by atoms with Gasteiger partial charge in [-0.05, 0) is 30.5 Å². The van der Waals surface area contributed by atoms with Crippen LogP contribution in [0, 0.1) is 12.8 Å². The van der Waals surface area contributed by atoms with Crippen molar-refractivity contribution in [1.29, 1.82) is 0 Å². The summed E-state index contributed by atoms with van der Waals surface area (Å²) in [5.74, 6) is 1.62. The van der Waals surface area contributed by atoms with Crippen LogP contribution in [0.2, 0.25) is 0 Å². The van der Waals surface area contributed by atoms with Gasteiger partial charge in [-0.15, -0.1) is 0 Å². The number of nitrogens with one attached hydrogen (secondary N) is 2. The summed E-state index contributed by atoms with van der Waals surface area (Å²) < 4.78 is 0. The van der Waals surface area contributed by atoms with Crippen molar-refractivity contribution in [3.05, 3.63) is 23.4 Å². The first-order valence-electron chi connectivity index (χ1n) is 6.42. The second kappa shape index (κ2) is 6.60. The number of nitrogens with zero attached hydrogens (tertiary/aromatic N) is 1. The van der Waals surface area contributed by atoms with Crippen molar-refractivity contribution in [3.63, 3.8) is 0 Å². The molecule has 2 N–H and O–H groups in total. The van der Waals surface area contributed by atoms with Crippen molar-refractivity contribution < 1.29 is 0 Å². The molecular formula is C14H25N3. The Morgan fingerprint density at radius 1 is 1.18 bits per heavy atom. The molecule has 0 saturated heterocycles. The lowest BCUT2D eigenvalue weighted by Crippen LogP contribution is -2.22. The number of hydrogen-bond acceptors (Lipinski definition) is 3. The summed E-state index contributed by atoms with van der Waals surface area (Å²) in [5, 5.41) is 6.80. The highest BCUT2D eigenvalue weighted by molar-refractivity contribution is 5.39. The zero-order valence-electron chi connectivity index (χ0n) is 11.7. The van der Waals surface area contributed by atoms with Gasteiger partial charge in [0, 0.05) is 24.8 Å². The van der Waals surface area contributed by atoms with Crippen LogP contribution in [0.1, 0.15) is 39.0 Å². The molecule has 3 heteroatoms. The molecule has 0 radical (unpaired) electrons. The number of hydrogen-bond donors (Lipinski definition) is 2. The van der Waals surface area contributed by atoms with Crippen molar-refractivity contribution in [1.82, 2.24) is 10.3 Å². The lowest BCUT2D eigenvalue weighted by molar-refractivity contribution is 0.588. The third kappa shape index (κ3) is 5.68. The number of pyridine rings is 1. The van der Waals surface area contributed by atoms with Gasteiger partial charge in [-0.25, -0.2) is 4.98 Å². The first-order valence-corrected chi connectivity index (χ1v) is 6.42. The summed E-state index contributed by atoms with van der Waals surface area (Å²) in [6, 6.07) is 4.77. The monoisotopic (exact) mass is 235 g/mol. The molecule has 1 heterocycles. The Kier molecular flexibility index (Phi) is 5.42. The Morgan fingerprint density at radius 2 is 1.88 bits per heavy atom. The Hall–Kier alpha value is -1.09. The molecule has 0 aliphatic heterocycles. The minimum atomic E-state index is 0.510. The minimum absolute atomic E-state index is 0.510. The zero-order chi connectivity index (χ0) is 12.8. The molecule has 96 valence electrons. The molecule has 0 aliphatic rings. The van der Waals surface area contributed by atoms with Gasteiger partial charge in [0.25, 0.3) is 0 Å². The molecule has 0 amide bonds. The summed E-state index contributed by atoms with van der Waals surface area (Å²) in [6.07, 6.45) is 0. The van der Waals surface area contributed by atoms with Crippen LogP contribution in [0.4, 0.5) is 5.82 Å². The van der Waals surface area contributed by atoms with Crippen molar-refractivity contribution in [3.8, 4) is 0 Å². The van der Waals surface area contributed by atoms with Crippen LogP contribution in [0.15, 0.2) is 12.1 Å². The van der Waals surface area contributed by atoms with Crippen LogP contribution in [-0.4, -0.2) is 17.6 Å². The fourth-order valence-electron chi connectivity index (χ4n) is 1.56. The summed E-state index contributed by atoms with van der Waals surface area (Å²) in [6.45, 7) is 12.6. The number of anilines is 1. The summed E-state index contributed by atoms with van der Waals surface area (Å²) >= 11 is 0. The Morgan fingerprint density at radius 3 is 2.47 bits per heavy atom. The van der Waals surface area contributed by atoms with E-state index in [-0.39, 0.29) is 0 Å². The van der Waals surface area contributed by atoms with Crippen LogP contribution >= 0.6 is 0 Å². The average molecular weight is 235 g/mol. The van der Waals surface area contributed by atoms with Crippen LogP contribution in [0.5, 0.6) is 0 Å². The summed E-state index contributed by atoms with van der Waals surface area (Å²) in [5.41, 5.74) is 2.36. The Labute approximate surface area is 105 Å². The molecule has 0 spiro atoms. The van der Waals surface area contributed by atoms with Gasteiger partial charge in [0.2, 0.25) is 0 Å². The van der Waals surface area contributed by atoms with E-state index in [1.165, 1.54) is 5.56 Å². The highest BCUT2D eigenvalue weighted by Crippen LogP contribution is 2.11. The van der Waals surface area contributed by atoms with Crippen molar-refractivity contribution in [2.45, 2.75) is 47.2 Å². The fourth-order valence-corrected chi connectivity index (χ4v) is 1.56. The van der Waals surface area contributed by atoms with Crippen LogP contribution in [0.3, 0.4) is 0 Å². The average Bonchev–Trinajstić information content (AvgIpc) is 2.23. The molecule has 17 heavy (non-hydrogen) atoms. The topological polar surface area (TPSA) is 37.0 Å². The second-order valence-electron chi connectivity index (χ2n) is 5.31. The molecule has 0 bridgehead atoms. The van der Waals surface area contributed by atoms with Gasteiger partial charge >= 0.3 is 0 Å². The molecule has 0 aromatic carbocycles. The van der Waals surface area contributed by atoms with Crippen molar-refractivity contribution >= 4 is 5.82 Å². The SMILES string of the molecule is Cc1cc(CNC(C)C)cc(NCC(C)C)n1. The maximum Gasteiger partial charge on any atom is 0.126 e. The quantitative estimate of drug-likeness (QED) is 0.796. The molecule has 0 aliphatic carbocycles. The number of rotatable bonds is 6. The van der Waals surface area contributed by atoms with E-state index in [2.05, 4.69) is 55.4 Å². The fraction of sp³-hybridized carbons (Fsp3) is 0.643. The highest BCUT2D eigenvalue weighted by atomic mass is 15.0. The molecule has 0 saturated carbocycles. The van der Waals surface area contributed by atoms with Gasteiger partial charge < -0.3 is 10.6 Å². The summed E-state index contributed by atoms with van der Waals surface area (Å²) in [4.78, 5) is 4.49. The second-order valence-corrected chi connectivity index (χ2v) is 5.31. The van der Waals surface area contributed by atoms with E-state index in [9.17, 15) is 0 Å². The lowest BCUT2D eigenvalue weighted by atomic mass is 10.2. The molecule has 3 nitrogen and oxygen atoms in total. The highest BCUT2D eigenvalue weighted by Gasteiger charge is 2.02. The molecule has 1 rings (SSSR count). The first-order chi connectivity index (χ1) is 7.97. The Bertz CT molecular complexity index is 315. The van der Waals surface area contributed by atoms with E-state index in [1.807, 2.05) is 6.92 Å². The van der Waals surface area contributed by atoms with Gasteiger partial charge in [0.05, 0.1) is 0 Å². The maximum atomic E-state index is 4.49. The van der Waals surface area contributed by atoms with Crippen LogP contribution in [0.25, 0.3) is 0 Å². The Balaban J connectivity index is 2.65. The smallest absolute Gasteiger partial charge is 0.126 e. The van der Waals surface area contributed by atoms with E-state index in [0.717, 1.165) is 24.6 Å². The van der Waals surface area contributed by atoms with Gasteiger partial charge in [-0.3, -0.25) is 0 Å². The maximum absolute atomic E-state index is 4.49. The predicted molar refractivity (Wildman–Crippen MR) is 74.3 cm³/mol. The van der Waals surface area contributed by atoms with Crippen LogP contribution in [-0.2, 0) is 6.54 Å².